The number of ether oxygens (including phenoxy) is 2. The number of aliphatic imine (C=N–C) groups is 1. The van der Waals surface area contributed by atoms with Gasteiger partial charge in [-0.05, 0) is 31.2 Å². The number of hydrogen-bond acceptors (Lipinski definition) is 5. The summed E-state index contributed by atoms with van der Waals surface area (Å²) in [7, 11) is 1.69. The van der Waals surface area contributed by atoms with Gasteiger partial charge < -0.3 is 24.5 Å². The summed E-state index contributed by atoms with van der Waals surface area (Å²) in [5.74, 6) is 2.64. The second-order valence-corrected chi connectivity index (χ2v) is 6.97. The molecule has 3 rings (SSSR count). The van der Waals surface area contributed by atoms with E-state index in [0.29, 0.717) is 6.54 Å². The summed E-state index contributed by atoms with van der Waals surface area (Å²) in [4.78, 5) is 7.20. The predicted molar refractivity (Wildman–Crippen MR) is 114 cm³/mol. The molecule has 1 aromatic heterocycles. The Hall–Kier alpha value is -2.51. The molecule has 0 spiro atoms. The highest BCUT2D eigenvalue weighted by Gasteiger charge is 2.09. The maximum absolute atomic E-state index is 5.44. The molecule has 0 bridgehead atoms. The quantitative estimate of drug-likeness (QED) is 0.362. The highest BCUT2D eigenvalue weighted by molar-refractivity contribution is 5.79. The van der Waals surface area contributed by atoms with E-state index in [9.17, 15) is 0 Å². The Morgan fingerprint density at radius 1 is 1.10 bits per heavy atom. The van der Waals surface area contributed by atoms with Gasteiger partial charge >= 0.3 is 0 Å². The van der Waals surface area contributed by atoms with E-state index in [1.807, 2.05) is 36.4 Å². The molecule has 0 unspecified atom stereocenters. The van der Waals surface area contributed by atoms with E-state index in [4.69, 9.17) is 18.9 Å². The van der Waals surface area contributed by atoms with Crippen LogP contribution in [0.25, 0.3) is 0 Å². The van der Waals surface area contributed by atoms with Crippen molar-refractivity contribution in [1.82, 2.24) is 15.5 Å². The van der Waals surface area contributed by atoms with Gasteiger partial charge in [-0.3, -0.25) is 4.90 Å². The van der Waals surface area contributed by atoms with Crippen LogP contribution in [-0.2, 0) is 17.7 Å². The van der Waals surface area contributed by atoms with Crippen molar-refractivity contribution in [3.63, 3.8) is 0 Å². The third kappa shape index (κ3) is 7.44. The molecular weight excluding hydrogens is 368 g/mol. The zero-order chi connectivity index (χ0) is 20.2. The predicted octanol–water partition coefficient (Wildman–Crippen LogP) is 2.29. The standard InChI is InChI=1S/C22H32N4O3/c1-27-21-8-3-2-6-19(21)18-25-22(24-11-9-20-7-4-15-29-20)23-10-5-12-26-13-16-28-17-14-26/h2-4,6-8,15H,5,9-14,16-18H2,1H3,(H2,23,24,25). The number of guanidine groups is 1. The van der Waals surface area contributed by atoms with Crippen LogP contribution in [0.15, 0.2) is 52.1 Å². The summed E-state index contributed by atoms with van der Waals surface area (Å²) in [5, 5.41) is 6.87. The Bertz CT molecular complexity index is 727. The molecule has 1 saturated heterocycles. The highest BCUT2D eigenvalue weighted by Crippen LogP contribution is 2.17. The van der Waals surface area contributed by atoms with Gasteiger partial charge in [0.05, 0.1) is 33.1 Å². The summed E-state index contributed by atoms with van der Waals surface area (Å²) in [6.45, 7) is 6.99. The normalized spacial score (nSPS) is 15.3. The number of morpholine rings is 1. The zero-order valence-electron chi connectivity index (χ0n) is 17.2. The Balaban J connectivity index is 1.50. The van der Waals surface area contributed by atoms with E-state index in [-0.39, 0.29) is 0 Å². The summed E-state index contributed by atoms with van der Waals surface area (Å²) < 4.78 is 16.3. The van der Waals surface area contributed by atoms with Crippen molar-refractivity contribution in [2.24, 2.45) is 4.99 Å². The summed E-state index contributed by atoms with van der Waals surface area (Å²) in [5.41, 5.74) is 1.07. The Morgan fingerprint density at radius 3 is 2.72 bits per heavy atom. The Kier molecular flexibility index (Phi) is 8.88. The van der Waals surface area contributed by atoms with Gasteiger partial charge in [0.25, 0.3) is 0 Å². The first-order valence-electron chi connectivity index (χ1n) is 10.3. The number of nitrogens with one attached hydrogen (secondary N) is 2. The van der Waals surface area contributed by atoms with Crippen LogP contribution in [0.4, 0.5) is 0 Å². The van der Waals surface area contributed by atoms with Gasteiger partial charge in [0.1, 0.15) is 11.5 Å². The van der Waals surface area contributed by atoms with Crippen LogP contribution in [0.1, 0.15) is 17.7 Å². The van der Waals surface area contributed by atoms with Crippen LogP contribution in [0.3, 0.4) is 0 Å². The SMILES string of the molecule is COc1ccccc1CN=C(NCCCN1CCOCC1)NCCc1ccco1. The van der Waals surface area contributed by atoms with Gasteiger partial charge in [-0.1, -0.05) is 18.2 Å². The summed E-state index contributed by atoms with van der Waals surface area (Å²) in [6, 6.07) is 11.9. The van der Waals surface area contributed by atoms with Crippen molar-refractivity contribution in [2.75, 3.05) is 53.0 Å². The molecule has 29 heavy (non-hydrogen) atoms. The summed E-state index contributed by atoms with van der Waals surface area (Å²) in [6.07, 6.45) is 3.58. The van der Waals surface area contributed by atoms with Crippen molar-refractivity contribution in [3.8, 4) is 5.75 Å². The first kappa shape index (κ1) is 21.2. The largest absolute Gasteiger partial charge is 0.496 e. The molecule has 7 heteroatoms. The molecule has 1 aromatic carbocycles. The molecule has 1 fully saturated rings. The lowest BCUT2D eigenvalue weighted by atomic mass is 10.2. The second kappa shape index (κ2) is 12.1. The monoisotopic (exact) mass is 400 g/mol. The molecule has 0 aliphatic carbocycles. The Morgan fingerprint density at radius 2 is 1.93 bits per heavy atom. The minimum absolute atomic E-state index is 0.559. The van der Waals surface area contributed by atoms with Crippen LogP contribution in [0.5, 0.6) is 5.75 Å². The fraction of sp³-hybridized carbons (Fsp3) is 0.500. The number of benzene rings is 1. The topological polar surface area (TPSA) is 71.3 Å². The van der Waals surface area contributed by atoms with E-state index in [1.54, 1.807) is 13.4 Å². The molecule has 0 saturated carbocycles. The van der Waals surface area contributed by atoms with Crippen molar-refractivity contribution >= 4 is 5.96 Å². The van der Waals surface area contributed by atoms with Crippen LogP contribution >= 0.6 is 0 Å². The number of nitrogens with zero attached hydrogens (tertiary/aromatic N) is 2. The van der Waals surface area contributed by atoms with Gasteiger partial charge in [-0.15, -0.1) is 0 Å². The van der Waals surface area contributed by atoms with E-state index < -0.39 is 0 Å². The molecular formula is C22H32N4O3. The molecule has 0 amide bonds. The van der Waals surface area contributed by atoms with E-state index in [2.05, 4.69) is 15.5 Å². The fourth-order valence-electron chi connectivity index (χ4n) is 3.27. The average Bonchev–Trinajstić information content (AvgIpc) is 3.29. The molecule has 2 heterocycles. The second-order valence-electron chi connectivity index (χ2n) is 6.97. The number of rotatable bonds is 10. The summed E-state index contributed by atoms with van der Waals surface area (Å²) >= 11 is 0. The molecule has 0 atom stereocenters. The highest BCUT2D eigenvalue weighted by atomic mass is 16.5. The first-order chi connectivity index (χ1) is 14.3. The van der Waals surface area contributed by atoms with E-state index in [1.165, 1.54) is 0 Å². The molecule has 158 valence electrons. The molecule has 0 radical (unpaired) electrons. The van der Waals surface area contributed by atoms with Gasteiger partial charge in [0, 0.05) is 38.2 Å². The van der Waals surface area contributed by atoms with Crippen molar-refractivity contribution < 1.29 is 13.9 Å². The van der Waals surface area contributed by atoms with Crippen molar-refractivity contribution in [1.29, 1.82) is 0 Å². The lowest BCUT2D eigenvalue weighted by molar-refractivity contribution is 0.0376. The molecule has 1 aliphatic rings. The maximum Gasteiger partial charge on any atom is 0.191 e. The van der Waals surface area contributed by atoms with E-state index in [0.717, 1.165) is 81.8 Å². The number of para-hydroxylation sites is 1. The minimum atomic E-state index is 0.559. The zero-order valence-corrected chi connectivity index (χ0v) is 17.2. The maximum atomic E-state index is 5.44. The number of hydrogen-bond donors (Lipinski definition) is 2. The van der Waals surface area contributed by atoms with Gasteiger partial charge in [0.2, 0.25) is 0 Å². The minimum Gasteiger partial charge on any atom is -0.496 e. The molecule has 1 aliphatic heterocycles. The van der Waals surface area contributed by atoms with Gasteiger partial charge in [-0.2, -0.15) is 0 Å². The van der Waals surface area contributed by atoms with E-state index >= 15 is 0 Å². The lowest BCUT2D eigenvalue weighted by Crippen LogP contribution is -2.41. The van der Waals surface area contributed by atoms with Crippen molar-refractivity contribution in [3.05, 3.63) is 54.0 Å². The van der Waals surface area contributed by atoms with Crippen LogP contribution in [0.2, 0.25) is 0 Å². The number of furan rings is 1. The third-order valence-electron chi connectivity index (χ3n) is 4.89. The lowest BCUT2D eigenvalue weighted by Gasteiger charge is -2.26. The van der Waals surface area contributed by atoms with Crippen LogP contribution in [-0.4, -0.2) is 63.9 Å². The smallest absolute Gasteiger partial charge is 0.191 e. The van der Waals surface area contributed by atoms with Crippen LogP contribution < -0.4 is 15.4 Å². The Labute approximate surface area is 173 Å². The van der Waals surface area contributed by atoms with Crippen LogP contribution in [0, 0.1) is 0 Å². The third-order valence-corrected chi connectivity index (χ3v) is 4.89. The molecule has 2 aromatic rings. The molecule has 2 N–H and O–H groups in total. The van der Waals surface area contributed by atoms with Gasteiger partial charge in [-0.25, -0.2) is 4.99 Å². The number of methoxy groups -OCH3 is 1. The van der Waals surface area contributed by atoms with Gasteiger partial charge in [0.15, 0.2) is 5.96 Å². The average molecular weight is 401 g/mol. The fourth-order valence-corrected chi connectivity index (χ4v) is 3.27. The first-order valence-corrected chi connectivity index (χ1v) is 10.3. The van der Waals surface area contributed by atoms with Crippen molar-refractivity contribution in [2.45, 2.75) is 19.4 Å². The molecule has 7 nitrogen and oxygen atoms in total.